The van der Waals surface area contributed by atoms with E-state index in [4.69, 9.17) is 9.26 Å². The van der Waals surface area contributed by atoms with Gasteiger partial charge in [0.2, 0.25) is 17.6 Å². The van der Waals surface area contributed by atoms with Gasteiger partial charge in [0.1, 0.15) is 6.10 Å². The predicted octanol–water partition coefficient (Wildman–Crippen LogP) is 4.32. The van der Waals surface area contributed by atoms with E-state index < -0.39 is 0 Å². The van der Waals surface area contributed by atoms with Gasteiger partial charge in [-0.2, -0.15) is 4.98 Å². The lowest BCUT2D eigenvalue weighted by Crippen LogP contribution is -2.38. The van der Waals surface area contributed by atoms with Crippen LogP contribution in [-0.2, 0) is 6.54 Å². The number of pyridine rings is 1. The average Bonchev–Trinajstić information content (AvgIpc) is 3.10. The van der Waals surface area contributed by atoms with Gasteiger partial charge in [-0.25, -0.2) is 4.98 Å². The van der Waals surface area contributed by atoms with Crippen molar-refractivity contribution >= 4 is 0 Å². The van der Waals surface area contributed by atoms with Gasteiger partial charge < -0.3 is 9.26 Å². The lowest BCUT2D eigenvalue weighted by Gasteiger charge is -2.33. The number of piperidine rings is 1. The van der Waals surface area contributed by atoms with Crippen molar-refractivity contribution in [3.63, 3.8) is 0 Å². The van der Waals surface area contributed by atoms with E-state index in [9.17, 15) is 0 Å². The summed E-state index contributed by atoms with van der Waals surface area (Å²) >= 11 is 0. The molecular weight excluding hydrogens is 340 g/mol. The van der Waals surface area contributed by atoms with Gasteiger partial charge in [0.15, 0.2) is 0 Å². The van der Waals surface area contributed by atoms with Gasteiger partial charge in [-0.1, -0.05) is 25.4 Å². The summed E-state index contributed by atoms with van der Waals surface area (Å²) in [5.41, 5.74) is 0.818. The number of hydrogen-bond acceptors (Lipinski definition) is 6. The van der Waals surface area contributed by atoms with Crippen LogP contribution in [0, 0.1) is 11.8 Å². The monoisotopic (exact) mass is 370 g/mol. The molecule has 1 aliphatic heterocycles. The van der Waals surface area contributed by atoms with Gasteiger partial charge in [-0.15, -0.1) is 0 Å². The van der Waals surface area contributed by atoms with Crippen LogP contribution in [0.25, 0.3) is 11.4 Å². The zero-order valence-corrected chi connectivity index (χ0v) is 16.4. The van der Waals surface area contributed by atoms with E-state index in [0.717, 1.165) is 31.5 Å². The second-order valence-corrected chi connectivity index (χ2v) is 8.39. The van der Waals surface area contributed by atoms with Crippen molar-refractivity contribution in [3.05, 3.63) is 24.2 Å². The van der Waals surface area contributed by atoms with E-state index in [0.29, 0.717) is 36.0 Å². The molecule has 3 heterocycles. The summed E-state index contributed by atoms with van der Waals surface area (Å²) in [5.74, 6) is 3.28. The Hall–Kier alpha value is -1.95. The molecule has 2 aromatic heterocycles. The molecule has 6 nitrogen and oxygen atoms in total. The Morgan fingerprint density at radius 2 is 1.93 bits per heavy atom. The molecule has 0 aromatic carbocycles. The fourth-order valence-corrected chi connectivity index (χ4v) is 4.54. The molecule has 4 rings (SSSR count). The maximum atomic E-state index is 6.19. The van der Waals surface area contributed by atoms with Crippen molar-refractivity contribution in [1.82, 2.24) is 20.0 Å². The summed E-state index contributed by atoms with van der Waals surface area (Å²) in [6, 6.07) is 3.86. The van der Waals surface area contributed by atoms with Gasteiger partial charge in [0.05, 0.1) is 12.1 Å². The zero-order chi connectivity index (χ0) is 18.6. The van der Waals surface area contributed by atoms with Crippen LogP contribution < -0.4 is 4.74 Å². The molecule has 2 fully saturated rings. The predicted molar refractivity (Wildman–Crippen MR) is 103 cm³/mol. The van der Waals surface area contributed by atoms with E-state index >= 15 is 0 Å². The minimum atomic E-state index is 0.245. The Labute approximate surface area is 161 Å². The van der Waals surface area contributed by atoms with Crippen LogP contribution in [0.3, 0.4) is 0 Å². The van der Waals surface area contributed by atoms with Gasteiger partial charge in [-0.05, 0) is 56.1 Å². The van der Waals surface area contributed by atoms with E-state index in [-0.39, 0.29) is 6.10 Å². The number of ether oxygens (including phenoxy) is 1. The first-order valence-corrected chi connectivity index (χ1v) is 10.3. The number of likely N-dealkylation sites (tertiary alicyclic amines) is 1. The Kier molecular flexibility index (Phi) is 5.72. The molecule has 146 valence electrons. The van der Waals surface area contributed by atoms with Crippen LogP contribution in [0.15, 0.2) is 22.9 Å². The number of aromatic nitrogens is 3. The third-order valence-electron chi connectivity index (χ3n) is 5.61. The largest absolute Gasteiger partial charge is 0.474 e. The minimum absolute atomic E-state index is 0.245. The Bertz CT molecular complexity index is 731. The lowest BCUT2D eigenvalue weighted by molar-refractivity contribution is 0.121. The van der Waals surface area contributed by atoms with E-state index in [1.54, 1.807) is 6.20 Å². The lowest BCUT2D eigenvalue weighted by atomic mass is 9.92. The van der Waals surface area contributed by atoms with Crippen molar-refractivity contribution < 1.29 is 9.26 Å². The average molecular weight is 370 g/mol. The van der Waals surface area contributed by atoms with Crippen molar-refractivity contribution in [1.29, 1.82) is 0 Å². The zero-order valence-electron chi connectivity index (χ0n) is 16.4. The summed E-state index contributed by atoms with van der Waals surface area (Å²) in [4.78, 5) is 11.5. The maximum absolute atomic E-state index is 6.19. The summed E-state index contributed by atoms with van der Waals surface area (Å²) in [6.45, 7) is 7.51. The molecule has 0 amide bonds. The standard InChI is InChI=1S/C21H30N4O2/c1-15-11-16(2)13-25(12-15)14-19-23-20(24-27-19)18-9-6-10-22-21(18)26-17-7-4-3-5-8-17/h6,9-10,15-17H,3-5,7-8,11-14H2,1-2H3/t15-,16-/m0/s1. The molecule has 1 saturated carbocycles. The molecule has 0 bridgehead atoms. The molecule has 0 unspecified atom stereocenters. The van der Waals surface area contributed by atoms with Gasteiger partial charge in [-0.3, -0.25) is 4.90 Å². The molecule has 0 N–H and O–H groups in total. The molecule has 0 radical (unpaired) electrons. The molecule has 6 heteroatoms. The molecule has 1 saturated heterocycles. The Balaban J connectivity index is 1.46. The maximum Gasteiger partial charge on any atom is 0.241 e. The van der Waals surface area contributed by atoms with Crippen LogP contribution in [-0.4, -0.2) is 39.2 Å². The first-order chi connectivity index (χ1) is 13.2. The number of rotatable bonds is 5. The van der Waals surface area contributed by atoms with Crippen LogP contribution in [0.4, 0.5) is 0 Å². The highest BCUT2D eigenvalue weighted by Crippen LogP contribution is 2.30. The van der Waals surface area contributed by atoms with E-state index in [2.05, 4.69) is 33.9 Å². The summed E-state index contributed by atoms with van der Waals surface area (Å²) in [7, 11) is 0. The van der Waals surface area contributed by atoms with Crippen molar-refractivity contribution in [2.24, 2.45) is 11.8 Å². The summed E-state index contributed by atoms with van der Waals surface area (Å²) in [6.07, 6.45) is 9.25. The molecule has 2 atom stereocenters. The highest BCUT2D eigenvalue weighted by Gasteiger charge is 2.24. The molecule has 27 heavy (non-hydrogen) atoms. The second-order valence-electron chi connectivity index (χ2n) is 8.39. The van der Waals surface area contributed by atoms with Gasteiger partial charge >= 0.3 is 0 Å². The number of hydrogen-bond donors (Lipinski definition) is 0. The number of nitrogens with zero attached hydrogens (tertiary/aromatic N) is 4. The van der Waals surface area contributed by atoms with Crippen LogP contribution in [0.2, 0.25) is 0 Å². The van der Waals surface area contributed by atoms with E-state index in [1.165, 1.54) is 25.7 Å². The normalized spacial score (nSPS) is 24.8. The summed E-state index contributed by atoms with van der Waals surface area (Å²) in [5, 5.41) is 4.21. The Morgan fingerprint density at radius 3 is 2.70 bits per heavy atom. The van der Waals surface area contributed by atoms with Crippen LogP contribution in [0.5, 0.6) is 5.88 Å². The fraction of sp³-hybridized carbons (Fsp3) is 0.667. The van der Waals surface area contributed by atoms with Gasteiger partial charge in [0, 0.05) is 19.3 Å². The van der Waals surface area contributed by atoms with E-state index in [1.807, 2.05) is 12.1 Å². The fourth-order valence-electron chi connectivity index (χ4n) is 4.54. The first-order valence-electron chi connectivity index (χ1n) is 10.3. The highest BCUT2D eigenvalue weighted by atomic mass is 16.5. The van der Waals surface area contributed by atoms with Crippen LogP contribution >= 0.6 is 0 Å². The van der Waals surface area contributed by atoms with Crippen molar-refractivity contribution in [2.45, 2.75) is 65.0 Å². The van der Waals surface area contributed by atoms with Crippen molar-refractivity contribution in [2.75, 3.05) is 13.1 Å². The SMILES string of the molecule is C[C@H]1C[C@H](C)CN(Cc2nc(-c3cccnc3OC3CCCCC3)no2)C1. The summed E-state index contributed by atoms with van der Waals surface area (Å²) < 4.78 is 11.7. The second kappa shape index (κ2) is 8.38. The Morgan fingerprint density at radius 1 is 1.15 bits per heavy atom. The third kappa shape index (κ3) is 4.67. The first kappa shape index (κ1) is 18.4. The van der Waals surface area contributed by atoms with Crippen LogP contribution in [0.1, 0.15) is 58.3 Å². The molecule has 2 aliphatic rings. The van der Waals surface area contributed by atoms with Crippen molar-refractivity contribution in [3.8, 4) is 17.3 Å². The molecule has 1 aliphatic carbocycles. The minimum Gasteiger partial charge on any atom is -0.474 e. The molecule has 0 spiro atoms. The molecular formula is C21H30N4O2. The highest BCUT2D eigenvalue weighted by molar-refractivity contribution is 5.60. The quantitative estimate of drug-likeness (QED) is 0.781. The topological polar surface area (TPSA) is 64.3 Å². The van der Waals surface area contributed by atoms with Gasteiger partial charge in [0.25, 0.3) is 0 Å². The molecule has 2 aromatic rings. The third-order valence-corrected chi connectivity index (χ3v) is 5.61. The smallest absolute Gasteiger partial charge is 0.241 e.